The molecule has 8 heteroatoms. The van der Waals surface area contributed by atoms with Gasteiger partial charge >= 0.3 is 0 Å². The highest BCUT2D eigenvalue weighted by molar-refractivity contribution is 5.84. The molecule has 1 amide bonds. The summed E-state index contributed by atoms with van der Waals surface area (Å²) in [5.41, 5.74) is 1.33. The molecule has 0 aliphatic heterocycles. The minimum Gasteiger partial charge on any atom is -0.349 e. The van der Waals surface area contributed by atoms with Crippen molar-refractivity contribution in [2.45, 2.75) is 19.6 Å². The molecule has 0 saturated carbocycles. The van der Waals surface area contributed by atoms with Gasteiger partial charge in [-0.2, -0.15) is 10.2 Å². The van der Waals surface area contributed by atoms with Crippen LogP contribution in [0.25, 0.3) is 10.8 Å². The molecule has 28 heavy (non-hydrogen) atoms. The molecule has 1 aromatic carbocycles. The molecule has 0 bridgehead atoms. The van der Waals surface area contributed by atoms with Crippen molar-refractivity contribution >= 4 is 16.7 Å². The van der Waals surface area contributed by atoms with Gasteiger partial charge in [-0.3, -0.25) is 19.3 Å². The average molecular weight is 374 g/mol. The van der Waals surface area contributed by atoms with E-state index >= 15 is 0 Å². The quantitative estimate of drug-likeness (QED) is 0.550. The van der Waals surface area contributed by atoms with Gasteiger partial charge in [0.25, 0.3) is 5.56 Å². The largest absolute Gasteiger partial charge is 0.349 e. The lowest BCUT2D eigenvalue weighted by Gasteiger charge is -2.12. The molecular weight excluding hydrogens is 356 g/mol. The van der Waals surface area contributed by atoms with E-state index in [4.69, 9.17) is 0 Å². The van der Waals surface area contributed by atoms with Crippen LogP contribution in [0.4, 0.5) is 0 Å². The average Bonchev–Trinajstić information content (AvgIpc) is 3.23. The van der Waals surface area contributed by atoms with Gasteiger partial charge in [-0.15, -0.1) is 0 Å². The molecule has 8 nitrogen and oxygen atoms in total. The first kappa shape index (κ1) is 17.6. The van der Waals surface area contributed by atoms with Crippen molar-refractivity contribution in [1.29, 1.82) is 0 Å². The van der Waals surface area contributed by atoms with Gasteiger partial charge in [-0.05, 0) is 23.8 Å². The molecule has 0 aliphatic rings. The van der Waals surface area contributed by atoms with Gasteiger partial charge in [0, 0.05) is 30.2 Å². The number of carbonyl (C=O) groups excluding carboxylic acids is 1. The summed E-state index contributed by atoms with van der Waals surface area (Å²) in [6, 6.07) is 12.7. The van der Waals surface area contributed by atoms with E-state index in [0.29, 0.717) is 17.6 Å². The van der Waals surface area contributed by atoms with E-state index in [-0.39, 0.29) is 24.6 Å². The maximum absolute atomic E-state index is 12.8. The summed E-state index contributed by atoms with van der Waals surface area (Å²) < 4.78 is 2.96. The molecule has 140 valence electrons. The first-order valence-electron chi connectivity index (χ1n) is 8.82. The number of carbonyl (C=O) groups is 1. The standard InChI is InChI=1S/C20H18N6O2/c27-19(14-25-10-4-9-23-25)22-12-18-16-6-1-2-7-17(16)20(28)26(24-18)13-15-5-3-8-21-11-15/h1-11H,12-14H2,(H,22,27). The fourth-order valence-electron chi connectivity index (χ4n) is 2.99. The Labute approximate surface area is 160 Å². The van der Waals surface area contributed by atoms with Crippen LogP contribution in [0.5, 0.6) is 0 Å². The predicted molar refractivity (Wildman–Crippen MR) is 103 cm³/mol. The molecule has 0 aliphatic carbocycles. The third kappa shape index (κ3) is 3.80. The molecular formula is C20H18N6O2. The molecule has 1 N–H and O–H groups in total. The lowest BCUT2D eigenvalue weighted by molar-refractivity contribution is -0.122. The van der Waals surface area contributed by atoms with Crippen LogP contribution in [0.2, 0.25) is 0 Å². The molecule has 0 unspecified atom stereocenters. The molecule has 3 heterocycles. The highest BCUT2D eigenvalue weighted by Gasteiger charge is 2.12. The van der Waals surface area contributed by atoms with Crippen LogP contribution < -0.4 is 10.9 Å². The number of nitrogens with one attached hydrogen (secondary N) is 1. The van der Waals surface area contributed by atoms with E-state index in [1.54, 1.807) is 41.6 Å². The Morgan fingerprint density at radius 1 is 1.04 bits per heavy atom. The van der Waals surface area contributed by atoms with Gasteiger partial charge in [0.1, 0.15) is 6.54 Å². The molecule has 0 radical (unpaired) electrons. The van der Waals surface area contributed by atoms with Crippen molar-refractivity contribution in [1.82, 2.24) is 29.9 Å². The lowest BCUT2D eigenvalue weighted by atomic mass is 10.1. The number of fused-ring (bicyclic) bond motifs is 1. The zero-order chi connectivity index (χ0) is 19.3. The number of pyridine rings is 1. The summed E-state index contributed by atoms with van der Waals surface area (Å²) in [6.45, 7) is 0.653. The normalized spacial score (nSPS) is 10.9. The van der Waals surface area contributed by atoms with Crippen LogP contribution in [0.3, 0.4) is 0 Å². The SMILES string of the molecule is O=C(Cn1cccn1)NCc1nn(Cc2cccnc2)c(=O)c2ccccc12. The highest BCUT2D eigenvalue weighted by atomic mass is 16.2. The summed E-state index contributed by atoms with van der Waals surface area (Å²) in [6.07, 6.45) is 6.73. The number of rotatable bonds is 6. The summed E-state index contributed by atoms with van der Waals surface area (Å²) in [5.74, 6) is -0.181. The van der Waals surface area contributed by atoms with Crippen molar-refractivity contribution in [3.8, 4) is 0 Å². The number of hydrogen-bond acceptors (Lipinski definition) is 5. The Kier molecular flexibility index (Phi) is 4.92. The second-order valence-corrected chi connectivity index (χ2v) is 6.30. The molecule has 4 rings (SSSR count). The Bertz CT molecular complexity index is 1150. The molecule has 0 fully saturated rings. The van der Waals surface area contributed by atoms with E-state index in [1.165, 1.54) is 4.68 Å². The number of hydrogen-bond donors (Lipinski definition) is 1. The summed E-state index contributed by atoms with van der Waals surface area (Å²) in [5, 5.41) is 12.7. The Balaban J connectivity index is 1.62. The molecule has 0 spiro atoms. The Hall–Kier alpha value is -3.81. The van der Waals surface area contributed by atoms with E-state index in [0.717, 1.165) is 10.9 Å². The minimum absolute atomic E-state index is 0.125. The minimum atomic E-state index is -0.181. The van der Waals surface area contributed by atoms with E-state index < -0.39 is 0 Å². The first-order chi connectivity index (χ1) is 13.7. The molecule has 4 aromatic rings. The Morgan fingerprint density at radius 2 is 1.89 bits per heavy atom. The van der Waals surface area contributed by atoms with Crippen LogP contribution in [0.1, 0.15) is 11.3 Å². The van der Waals surface area contributed by atoms with Gasteiger partial charge in [0.05, 0.1) is 24.2 Å². The van der Waals surface area contributed by atoms with Crippen molar-refractivity contribution < 1.29 is 4.79 Å². The smallest absolute Gasteiger partial charge is 0.274 e. The van der Waals surface area contributed by atoms with E-state index in [1.807, 2.05) is 30.3 Å². The number of amides is 1. The third-order valence-electron chi connectivity index (χ3n) is 4.32. The fourth-order valence-corrected chi connectivity index (χ4v) is 2.99. The van der Waals surface area contributed by atoms with Gasteiger partial charge in [-0.25, -0.2) is 4.68 Å². The first-order valence-corrected chi connectivity index (χ1v) is 8.82. The highest BCUT2D eigenvalue weighted by Crippen LogP contribution is 2.13. The van der Waals surface area contributed by atoms with Crippen LogP contribution in [0.15, 0.2) is 72.0 Å². The van der Waals surface area contributed by atoms with E-state index in [2.05, 4.69) is 20.5 Å². The topological polar surface area (TPSA) is 94.7 Å². The Morgan fingerprint density at radius 3 is 2.64 bits per heavy atom. The van der Waals surface area contributed by atoms with Gasteiger partial charge in [0.15, 0.2) is 0 Å². The van der Waals surface area contributed by atoms with E-state index in [9.17, 15) is 9.59 Å². The monoisotopic (exact) mass is 374 g/mol. The second-order valence-electron chi connectivity index (χ2n) is 6.30. The third-order valence-corrected chi connectivity index (χ3v) is 4.32. The van der Waals surface area contributed by atoms with Gasteiger partial charge in [0.2, 0.25) is 5.91 Å². The maximum atomic E-state index is 12.8. The van der Waals surface area contributed by atoms with Crippen molar-refractivity contribution in [3.05, 3.63) is 88.9 Å². The van der Waals surface area contributed by atoms with Crippen LogP contribution in [0, 0.1) is 0 Å². The van der Waals surface area contributed by atoms with Crippen LogP contribution in [-0.4, -0.2) is 30.5 Å². The molecule has 3 aromatic heterocycles. The second kappa shape index (κ2) is 7.83. The van der Waals surface area contributed by atoms with Crippen LogP contribution in [-0.2, 0) is 24.4 Å². The fraction of sp³-hybridized carbons (Fsp3) is 0.150. The molecule has 0 atom stereocenters. The lowest BCUT2D eigenvalue weighted by Crippen LogP contribution is -2.30. The van der Waals surface area contributed by atoms with Gasteiger partial charge < -0.3 is 5.32 Å². The maximum Gasteiger partial charge on any atom is 0.274 e. The summed E-state index contributed by atoms with van der Waals surface area (Å²) in [4.78, 5) is 29.1. The van der Waals surface area contributed by atoms with Crippen LogP contribution >= 0.6 is 0 Å². The van der Waals surface area contributed by atoms with Gasteiger partial charge in [-0.1, -0.05) is 24.3 Å². The summed E-state index contributed by atoms with van der Waals surface area (Å²) >= 11 is 0. The number of nitrogens with zero attached hydrogens (tertiary/aromatic N) is 5. The van der Waals surface area contributed by atoms with Crippen molar-refractivity contribution in [3.63, 3.8) is 0 Å². The molecule has 0 saturated heterocycles. The zero-order valence-electron chi connectivity index (χ0n) is 15.0. The van der Waals surface area contributed by atoms with Crippen molar-refractivity contribution in [2.24, 2.45) is 0 Å². The number of benzene rings is 1. The number of aromatic nitrogens is 5. The van der Waals surface area contributed by atoms with Crippen molar-refractivity contribution in [2.75, 3.05) is 0 Å². The summed E-state index contributed by atoms with van der Waals surface area (Å²) in [7, 11) is 0. The zero-order valence-corrected chi connectivity index (χ0v) is 15.0. The predicted octanol–water partition coefficient (Wildman–Crippen LogP) is 1.35.